The Morgan fingerprint density at radius 2 is 2.05 bits per heavy atom. The second-order valence-electron chi connectivity index (χ2n) is 5.51. The molecule has 1 aromatic carbocycles. The second-order valence-corrected chi connectivity index (χ2v) is 5.51. The lowest BCUT2D eigenvalue weighted by Crippen LogP contribution is -2.55. The Morgan fingerprint density at radius 3 is 2.63 bits per heavy atom. The largest absolute Gasteiger partial charge is 0.497 e. The van der Waals surface area contributed by atoms with E-state index in [9.17, 15) is 0 Å². The van der Waals surface area contributed by atoms with Crippen molar-refractivity contribution in [1.29, 1.82) is 0 Å². The van der Waals surface area contributed by atoms with Crippen LogP contribution in [0.2, 0.25) is 0 Å². The van der Waals surface area contributed by atoms with E-state index in [4.69, 9.17) is 4.74 Å². The molecule has 0 amide bonds. The van der Waals surface area contributed by atoms with Crippen molar-refractivity contribution in [2.24, 2.45) is 0 Å². The number of hydrogen-bond acceptors (Lipinski definition) is 3. The molecule has 0 spiro atoms. The molecule has 19 heavy (non-hydrogen) atoms. The summed E-state index contributed by atoms with van der Waals surface area (Å²) in [7, 11) is 1.71. The quantitative estimate of drug-likeness (QED) is 0.903. The fourth-order valence-electron chi connectivity index (χ4n) is 2.84. The molecule has 3 heteroatoms. The molecule has 3 atom stereocenters. The van der Waals surface area contributed by atoms with E-state index in [1.807, 2.05) is 0 Å². The van der Waals surface area contributed by atoms with Crippen molar-refractivity contribution in [3.05, 3.63) is 29.8 Å². The number of nitrogens with one attached hydrogen (secondary N) is 1. The highest BCUT2D eigenvalue weighted by Crippen LogP contribution is 2.26. The van der Waals surface area contributed by atoms with Crippen LogP contribution in [0, 0.1) is 0 Å². The first-order valence-electron chi connectivity index (χ1n) is 7.28. The third kappa shape index (κ3) is 3.28. The van der Waals surface area contributed by atoms with Crippen molar-refractivity contribution >= 4 is 0 Å². The smallest absolute Gasteiger partial charge is 0.118 e. The Kier molecular flexibility index (Phi) is 4.83. The van der Waals surface area contributed by atoms with Crippen LogP contribution in [0.15, 0.2) is 24.3 Å². The molecule has 1 aliphatic rings. The minimum atomic E-state index is 0.456. The van der Waals surface area contributed by atoms with E-state index in [2.05, 4.69) is 55.3 Å². The van der Waals surface area contributed by atoms with E-state index in [1.165, 1.54) is 12.0 Å². The number of benzene rings is 1. The minimum Gasteiger partial charge on any atom is -0.497 e. The van der Waals surface area contributed by atoms with Crippen LogP contribution in [0.25, 0.3) is 0 Å². The van der Waals surface area contributed by atoms with Crippen molar-refractivity contribution in [3.8, 4) is 5.75 Å². The van der Waals surface area contributed by atoms with Gasteiger partial charge in [-0.25, -0.2) is 0 Å². The maximum Gasteiger partial charge on any atom is 0.118 e. The number of hydrogen-bond donors (Lipinski definition) is 1. The molecule has 1 heterocycles. The van der Waals surface area contributed by atoms with Gasteiger partial charge in [-0.05, 0) is 38.0 Å². The van der Waals surface area contributed by atoms with Gasteiger partial charge in [0.05, 0.1) is 7.11 Å². The Morgan fingerprint density at radius 1 is 1.37 bits per heavy atom. The molecule has 106 valence electrons. The van der Waals surface area contributed by atoms with Gasteiger partial charge in [-0.2, -0.15) is 0 Å². The molecule has 1 saturated heterocycles. The minimum absolute atomic E-state index is 0.456. The average Bonchev–Trinajstić information content (AvgIpc) is 2.47. The van der Waals surface area contributed by atoms with Crippen LogP contribution in [-0.2, 0) is 0 Å². The van der Waals surface area contributed by atoms with E-state index in [-0.39, 0.29) is 0 Å². The topological polar surface area (TPSA) is 24.5 Å². The van der Waals surface area contributed by atoms with E-state index >= 15 is 0 Å². The third-order valence-corrected chi connectivity index (χ3v) is 4.29. The standard InChI is InChI=1S/C16H26N2O/c1-5-15-11-18(12(2)10-17-15)13(3)14-6-8-16(19-4)9-7-14/h6-9,12-13,15,17H,5,10-11H2,1-4H3. The predicted molar refractivity (Wildman–Crippen MR) is 79.7 cm³/mol. The summed E-state index contributed by atoms with van der Waals surface area (Å²) in [5, 5.41) is 3.61. The summed E-state index contributed by atoms with van der Waals surface area (Å²) in [5.41, 5.74) is 1.37. The molecule has 1 aliphatic heterocycles. The summed E-state index contributed by atoms with van der Waals surface area (Å²) in [6, 6.07) is 10.1. The summed E-state index contributed by atoms with van der Waals surface area (Å²) < 4.78 is 5.23. The Bertz CT molecular complexity index is 390. The molecule has 1 fully saturated rings. The lowest BCUT2D eigenvalue weighted by molar-refractivity contribution is 0.0975. The van der Waals surface area contributed by atoms with E-state index < -0.39 is 0 Å². The maximum atomic E-state index is 5.23. The van der Waals surface area contributed by atoms with Crippen LogP contribution in [0.1, 0.15) is 38.8 Å². The Balaban J connectivity index is 2.09. The molecular weight excluding hydrogens is 236 g/mol. The van der Waals surface area contributed by atoms with Gasteiger partial charge in [0, 0.05) is 31.2 Å². The van der Waals surface area contributed by atoms with E-state index in [0.29, 0.717) is 18.1 Å². The molecule has 0 aromatic heterocycles. The van der Waals surface area contributed by atoms with Gasteiger partial charge in [-0.3, -0.25) is 4.90 Å². The Labute approximate surface area is 116 Å². The lowest BCUT2D eigenvalue weighted by Gasteiger charge is -2.42. The molecule has 0 radical (unpaired) electrons. The Hall–Kier alpha value is -1.06. The highest BCUT2D eigenvalue weighted by atomic mass is 16.5. The van der Waals surface area contributed by atoms with E-state index in [0.717, 1.165) is 18.8 Å². The van der Waals surface area contributed by atoms with Crippen LogP contribution < -0.4 is 10.1 Å². The summed E-state index contributed by atoms with van der Waals surface area (Å²) in [4.78, 5) is 2.60. The molecule has 0 aliphatic carbocycles. The SMILES string of the molecule is CCC1CN(C(C)c2ccc(OC)cc2)C(C)CN1. The van der Waals surface area contributed by atoms with Crippen LogP contribution in [0.3, 0.4) is 0 Å². The monoisotopic (exact) mass is 262 g/mol. The number of methoxy groups -OCH3 is 1. The van der Waals surface area contributed by atoms with Crippen molar-refractivity contribution in [2.75, 3.05) is 20.2 Å². The van der Waals surface area contributed by atoms with Crippen LogP contribution >= 0.6 is 0 Å². The zero-order valence-corrected chi connectivity index (χ0v) is 12.5. The van der Waals surface area contributed by atoms with Crippen LogP contribution in [0.5, 0.6) is 5.75 Å². The average molecular weight is 262 g/mol. The second kappa shape index (κ2) is 6.40. The normalized spacial score (nSPS) is 26.1. The number of rotatable bonds is 4. The highest BCUT2D eigenvalue weighted by molar-refractivity contribution is 5.29. The van der Waals surface area contributed by atoms with Crippen molar-refractivity contribution < 1.29 is 4.74 Å². The summed E-state index contributed by atoms with van der Waals surface area (Å²) in [6.07, 6.45) is 1.19. The zero-order valence-electron chi connectivity index (χ0n) is 12.5. The predicted octanol–water partition coefficient (Wildman–Crippen LogP) is 2.83. The van der Waals surface area contributed by atoms with Gasteiger partial charge < -0.3 is 10.1 Å². The van der Waals surface area contributed by atoms with Crippen molar-refractivity contribution in [2.45, 2.75) is 45.3 Å². The fraction of sp³-hybridized carbons (Fsp3) is 0.625. The molecule has 0 saturated carbocycles. The number of piperazine rings is 1. The first-order chi connectivity index (χ1) is 9.15. The molecule has 1 N–H and O–H groups in total. The molecular formula is C16H26N2O. The number of nitrogens with zero attached hydrogens (tertiary/aromatic N) is 1. The third-order valence-electron chi connectivity index (χ3n) is 4.29. The molecule has 0 bridgehead atoms. The highest BCUT2D eigenvalue weighted by Gasteiger charge is 2.28. The molecule has 1 aromatic rings. The van der Waals surface area contributed by atoms with Crippen LogP contribution in [0.4, 0.5) is 0 Å². The summed E-state index contributed by atoms with van der Waals surface area (Å²) in [6.45, 7) is 9.07. The summed E-state index contributed by atoms with van der Waals surface area (Å²) in [5.74, 6) is 0.927. The van der Waals surface area contributed by atoms with Gasteiger partial charge >= 0.3 is 0 Å². The lowest BCUT2D eigenvalue weighted by atomic mass is 10.0. The fourth-order valence-corrected chi connectivity index (χ4v) is 2.84. The van der Waals surface area contributed by atoms with Gasteiger partial charge in [0.1, 0.15) is 5.75 Å². The van der Waals surface area contributed by atoms with Gasteiger partial charge in [-0.1, -0.05) is 19.1 Å². The van der Waals surface area contributed by atoms with Crippen molar-refractivity contribution in [3.63, 3.8) is 0 Å². The van der Waals surface area contributed by atoms with Crippen LogP contribution in [-0.4, -0.2) is 37.2 Å². The van der Waals surface area contributed by atoms with Gasteiger partial charge in [-0.15, -0.1) is 0 Å². The first-order valence-corrected chi connectivity index (χ1v) is 7.28. The van der Waals surface area contributed by atoms with E-state index in [1.54, 1.807) is 7.11 Å². The zero-order chi connectivity index (χ0) is 13.8. The van der Waals surface area contributed by atoms with Gasteiger partial charge in [0.2, 0.25) is 0 Å². The van der Waals surface area contributed by atoms with Crippen molar-refractivity contribution in [1.82, 2.24) is 10.2 Å². The molecule has 3 unspecified atom stereocenters. The van der Waals surface area contributed by atoms with Gasteiger partial charge in [0.15, 0.2) is 0 Å². The first kappa shape index (κ1) is 14.4. The maximum absolute atomic E-state index is 5.23. The summed E-state index contributed by atoms with van der Waals surface area (Å²) >= 11 is 0. The molecule has 2 rings (SSSR count). The number of ether oxygens (including phenoxy) is 1. The molecule has 3 nitrogen and oxygen atoms in total. The van der Waals surface area contributed by atoms with Gasteiger partial charge in [0.25, 0.3) is 0 Å².